The Morgan fingerprint density at radius 3 is 3.14 bits per heavy atom. The van der Waals surface area contributed by atoms with Gasteiger partial charge >= 0.3 is 0 Å². The third kappa shape index (κ3) is 3.71. The largest absolute Gasteiger partial charge is 0.378 e. The average molecular weight is 300 g/mol. The Morgan fingerprint density at radius 2 is 2.36 bits per heavy atom. The van der Waals surface area contributed by atoms with E-state index >= 15 is 0 Å². The van der Waals surface area contributed by atoms with Gasteiger partial charge in [0.1, 0.15) is 0 Å². The molecule has 1 unspecified atom stereocenters. The Labute approximate surface area is 129 Å². The number of hydrogen-bond donors (Lipinski definition) is 1. The molecule has 116 valence electrons. The SMILES string of the molecule is O=C(CCC1CCCO1)NCc1cccnc1-n1cccn1. The van der Waals surface area contributed by atoms with Gasteiger partial charge in [-0.15, -0.1) is 0 Å². The first-order chi connectivity index (χ1) is 10.8. The van der Waals surface area contributed by atoms with E-state index in [2.05, 4.69) is 15.4 Å². The summed E-state index contributed by atoms with van der Waals surface area (Å²) in [6.45, 7) is 1.28. The second-order valence-electron chi connectivity index (χ2n) is 5.39. The molecular weight excluding hydrogens is 280 g/mol. The first kappa shape index (κ1) is 14.7. The maximum atomic E-state index is 12.0. The van der Waals surface area contributed by atoms with Gasteiger partial charge in [-0.2, -0.15) is 5.10 Å². The van der Waals surface area contributed by atoms with Crippen LogP contribution in [0.1, 0.15) is 31.2 Å². The topological polar surface area (TPSA) is 69.0 Å². The molecule has 0 bridgehead atoms. The number of carbonyl (C=O) groups excluding carboxylic acids is 1. The van der Waals surface area contributed by atoms with Gasteiger partial charge in [0.2, 0.25) is 5.91 Å². The molecule has 1 aliphatic heterocycles. The zero-order valence-corrected chi connectivity index (χ0v) is 12.4. The van der Waals surface area contributed by atoms with Crippen molar-refractivity contribution in [2.75, 3.05) is 6.61 Å². The van der Waals surface area contributed by atoms with Crippen molar-refractivity contribution in [3.05, 3.63) is 42.4 Å². The molecule has 0 spiro atoms. The molecule has 2 aromatic rings. The predicted octanol–water partition coefficient (Wildman–Crippen LogP) is 1.84. The van der Waals surface area contributed by atoms with Gasteiger partial charge < -0.3 is 10.1 Å². The highest BCUT2D eigenvalue weighted by Crippen LogP contribution is 2.16. The quantitative estimate of drug-likeness (QED) is 0.884. The first-order valence-electron chi connectivity index (χ1n) is 7.65. The number of aromatic nitrogens is 3. The van der Waals surface area contributed by atoms with Crippen molar-refractivity contribution in [2.24, 2.45) is 0 Å². The lowest BCUT2D eigenvalue weighted by Crippen LogP contribution is -2.24. The number of hydrogen-bond acceptors (Lipinski definition) is 4. The van der Waals surface area contributed by atoms with Crippen molar-refractivity contribution in [3.63, 3.8) is 0 Å². The maximum absolute atomic E-state index is 12.0. The van der Waals surface area contributed by atoms with E-state index in [4.69, 9.17) is 4.74 Å². The summed E-state index contributed by atoms with van der Waals surface area (Å²) in [6, 6.07) is 5.66. The number of nitrogens with zero attached hydrogens (tertiary/aromatic N) is 3. The predicted molar refractivity (Wildman–Crippen MR) is 81.4 cm³/mol. The highest BCUT2D eigenvalue weighted by molar-refractivity contribution is 5.75. The zero-order valence-electron chi connectivity index (χ0n) is 12.4. The summed E-state index contributed by atoms with van der Waals surface area (Å²) in [6.07, 6.45) is 8.99. The number of pyridine rings is 1. The van der Waals surface area contributed by atoms with E-state index in [1.807, 2.05) is 24.4 Å². The standard InChI is InChI=1S/C16H20N4O2/c21-15(7-6-14-5-2-11-22-14)18-12-13-4-1-8-17-16(13)20-10-3-9-19-20/h1,3-4,8-10,14H,2,5-7,11-12H2,(H,18,21). The molecule has 6 nitrogen and oxygen atoms in total. The van der Waals surface area contributed by atoms with Crippen molar-refractivity contribution in [1.82, 2.24) is 20.1 Å². The third-order valence-corrected chi connectivity index (χ3v) is 3.78. The van der Waals surface area contributed by atoms with Crippen LogP contribution >= 0.6 is 0 Å². The number of ether oxygens (including phenoxy) is 1. The van der Waals surface area contributed by atoms with Crippen LogP contribution in [-0.4, -0.2) is 33.4 Å². The average Bonchev–Trinajstić information content (AvgIpc) is 3.24. The molecule has 3 rings (SSSR count). The zero-order chi connectivity index (χ0) is 15.2. The van der Waals surface area contributed by atoms with Crippen molar-refractivity contribution in [1.29, 1.82) is 0 Å². The third-order valence-electron chi connectivity index (χ3n) is 3.78. The summed E-state index contributed by atoms with van der Waals surface area (Å²) in [7, 11) is 0. The Bertz CT molecular complexity index is 606. The number of amides is 1. The molecule has 0 saturated carbocycles. The normalized spacial score (nSPS) is 17.5. The summed E-state index contributed by atoms with van der Waals surface area (Å²) in [5.74, 6) is 0.790. The highest BCUT2D eigenvalue weighted by atomic mass is 16.5. The van der Waals surface area contributed by atoms with Gasteiger partial charge in [0.05, 0.1) is 6.10 Å². The maximum Gasteiger partial charge on any atom is 0.220 e. The van der Waals surface area contributed by atoms with Gasteiger partial charge in [-0.3, -0.25) is 4.79 Å². The van der Waals surface area contributed by atoms with Crippen molar-refractivity contribution >= 4 is 5.91 Å². The summed E-state index contributed by atoms with van der Waals surface area (Å²) >= 11 is 0. The number of rotatable bonds is 6. The van der Waals surface area contributed by atoms with Gasteiger partial charge in [0, 0.05) is 43.7 Å². The summed E-state index contributed by atoms with van der Waals surface area (Å²) < 4.78 is 7.23. The molecule has 1 atom stereocenters. The monoisotopic (exact) mass is 300 g/mol. The first-order valence-corrected chi connectivity index (χ1v) is 7.65. The lowest BCUT2D eigenvalue weighted by atomic mass is 10.1. The van der Waals surface area contributed by atoms with Gasteiger partial charge in [-0.1, -0.05) is 6.07 Å². The molecule has 22 heavy (non-hydrogen) atoms. The van der Waals surface area contributed by atoms with Crippen LogP contribution in [0.4, 0.5) is 0 Å². The van der Waals surface area contributed by atoms with E-state index in [-0.39, 0.29) is 12.0 Å². The van der Waals surface area contributed by atoms with E-state index in [0.29, 0.717) is 13.0 Å². The molecule has 1 N–H and O–H groups in total. The fourth-order valence-electron chi connectivity index (χ4n) is 2.61. The van der Waals surface area contributed by atoms with E-state index in [1.54, 1.807) is 17.1 Å². The summed E-state index contributed by atoms with van der Waals surface area (Å²) in [5.41, 5.74) is 0.941. The van der Waals surface area contributed by atoms with E-state index < -0.39 is 0 Å². The van der Waals surface area contributed by atoms with Crippen LogP contribution in [0.3, 0.4) is 0 Å². The molecule has 0 aliphatic carbocycles. The molecule has 2 aromatic heterocycles. The van der Waals surface area contributed by atoms with E-state index in [0.717, 1.165) is 37.3 Å². The van der Waals surface area contributed by atoms with Crippen LogP contribution in [0, 0.1) is 0 Å². The Morgan fingerprint density at radius 1 is 1.41 bits per heavy atom. The van der Waals surface area contributed by atoms with E-state index in [9.17, 15) is 4.79 Å². The molecule has 3 heterocycles. The van der Waals surface area contributed by atoms with Crippen molar-refractivity contribution in [2.45, 2.75) is 38.3 Å². The van der Waals surface area contributed by atoms with Crippen LogP contribution < -0.4 is 5.32 Å². The van der Waals surface area contributed by atoms with Crippen LogP contribution in [0.15, 0.2) is 36.8 Å². The molecule has 0 radical (unpaired) electrons. The Hall–Kier alpha value is -2.21. The molecule has 1 fully saturated rings. The smallest absolute Gasteiger partial charge is 0.220 e. The van der Waals surface area contributed by atoms with Crippen LogP contribution in [0.25, 0.3) is 5.82 Å². The Balaban J connectivity index is 1.54. The minimum Gasteiger partial charge on any atom is -0.378 e. The van der Waals surface area contributed by atoms with Crippen molar-refractivity contribution < 1.29 is 9.53 Å². The van der Waals surface area contributed by atoms with Gasteiger partial charge in [-0.05, 0) is 31.4 Å². The lowest BCUT2D eigenvalue weighted by Gasteiger charge is -2.11. The molecule has 6 heteroatoms. The summed E-state index contributed by atoms with van der Waals surface area (Å²) in [5, 5.41) is 7.14. The summed E-state index contributed by atoms with van der Waals surface area (Å²) in [4.78, 5) is 16.3. The molecule has 0 aromatic carbocycles. The van der Waals surface area contributed by atoms with Crippen LogP contribution in [0.2, 0.25) is 0 Å². The van der Waals surface area contributed by atoms with Gasteiger partial charge in [-0.25, -0.2) is 9.67 Å². The second kappa shape index (κ2) is 7.17. The number of nitrogens with one attached hydrogen (secondary N) is 1. The Kier molecular flexibility index (Phi) is 4.80. The van der Waals surface area contributed by atoms with Crippen molar-refractivity contribution in [3.8, 4) is 5.82 Å². The van der Waals surface area contributed by atoms with E-state index in [1.165, 1.54) is 0 Å². The molecule has 1 amide bonds. The fourth-order valence-corrected chi connectivity index (χ4v) is 2.61. The minimum atomic E-state index is 0.0470. The fraction of sp³-hybridized carbons (Fsp3) is 0.438. The minimum absolute atomic E-state index is 0.0470. The molecule has 1 saturated heterocycles. The molecular formula is C16H20N4O2. The second-order valence-corrected chi connectivity index (χ2v) is 5.39. The highest BCUT2D eigenvalue weighted by Gasteiger charge is 2.16. The molecule has 1 aliphatic rings. The van der Waals surface area contributed by atoms with Gasteiger partial charge in [0.25, 0.3) is 0 Å². The van der Waals surface area contributed by atoms with Crippen LogP contribution in [-0.2, 0) is 16.1 Å². The lowest BCUT2D eigenvalue weighted by molar-refractivity contribution is -0.121. The van der Waals surface area contributed by atoms with Crippen LogP contribution in [0.5, 0.6) is 0 Å². The number of carbonyl (C=O) groups is 1. The van der Waals surface area contributed by atoms with Gasteiger partial charge in [0.15, 0.2) is 5.82 Å².